The summed E-state index contributed by atoms with van der Waals surface area (Å²) in [6.07, 6.45) is 1.80. The summed E-state index contributed by atoms with van der Waals surface area (Å²) < 4.78 is 5.20. The van der Waals surface area contributed by atoms with Crippen LogP contribution in [0.2, 0.25) is 5.02 Å². The number of hydrogen-bond donors (Lipinski definition) is 2. The Kier molecular flexibility index (Phi) is 5.64. The Balaban J connectivity index is 1.62. The molecule has 0 amide bonds. The van der Waals surface area contributed by atoms with Crippen molar-refractivity contribution in [2.24, 2.45) is 0 Å². The highest BCUT2D eigenvalue weighted by Crippen LogP contribution is 2.24. The number of pyridine rings is 1. The second-order valence-electron chi connectivity index (χ2n) is 6.96. The summed E-state index contributed by atoms with van der Waals surface area (Å²) in [5.74, 6) is 0.874. The molecule has 0 saturated heterocycles. The van der Waals surface area contributed by atoms with Gasteiger partial charge in [0.1, 0.15) is 5.75 Å². The Labute approximate surface area is 159 Å². The largest absolute Gasteiger partial charge is 0.497 e. The second kappa shape index (κ2) is 7.94. The first-order valence-electron chi connectivity index (χ1n) is 8.63. The molecule has 0 atom stereocenters. The highest BCUT2D eigenvalue weighted by Gasteiger charge is 2.17. The molecule has 2 N–H and O–H groups in total. The van der Waals surface area contributed by atoms with Crippen molar-refractivity contribution in [3.63, 3.8) is 0 Å². The molecule has 3 aromatic rings. The third-order valence-electron chi connectivity index (χ3n) is 4.36. The van der Waals surface area contributed by atoms with E-state index in [1.165, 1.54) is 5.56 Å². The summed E-state index contributed by atoms with van der Waals surface area (Å²) in [4.78, 5) is 4.39. The van der Waals surface area contributed by atoms with Gasteiger partial charge in [-0.2, -0.15) is 0 Å². The number of nitrogens with zero attached hydrogens (tertiary/aromatic N) is 1. The zero-order valence-electron chi connectivity index (χ0n) is 15.3. The predicted molar refractivity (Wildman–Crippen MR) is 109 cm³/mol. The Bertz CT molecular complexity index is 878. The number of halogens is 1. The quantitative estimate of drug-likeness (QED) is 0.623. The number of nitrogens with one attached hydrogen (secondary N) is 2. The van der Waals surface area contributed by atoms with Crippen molar-refractivity contribution in [1.82, 2.24) is 10.3 Å². The van der Waals surface area contributed by atoms with Crippen LogP contribution in [0.25, 0.3) is 10.9 Å². The van der Waals surface area contributed by atoms with Crippen molar-refractivity contribution >= 4 is 28.2 Å². The number of anilines is 1. The highest BCUT2D eigenvalue weighted by molar-refractivity contribution is 6.31. The van der Waals surface area contributed by atoms with Crippen LogP contribution in [0, 0.1) is 0 Å². The van der Waals surface area contributed by atoms with E-state index in [9.17, 15) is 0 Å². The summed E-state index contributed by atoms with van der Waals surface area (Å²) >= 11 is 6.06. The van der Waals surface area contributed by atoms with Gasteiger partial charge < -0.3 is 15.4 Å². The maximum Gasteiger partial charge on any atom is 0.118 e. The minimum Gasteiger partial charge on any atom is -0.497 e. The Morgan fingerprint density at radius 3 is 2.58 bits per heavy atom. The lowest BCUT2D eigenvalue weighted by molar-refractivity contribution is 0.405. The fourth-order valence-corrected chi connectivity index (χ4v) is 2.91. The first-order chi connectivity index (χ1) is 12.5. The van der Waals surface area contributed by atoms with Crippen molar-refractivity contribution in [2.75, 3.05) is 19.0 Å². The summed E-state index contributed by atoms with van der Waals surface area (Å²) in [7, 11) is 1.68. The van der Waals surface area contributed by atoms with Gasteiger partial charge in [-0.15, -0.1) is 0 Å². The van der Waals surface area contributed by atoms with Gasteiger partial charge in [0.15, 0.2) is 0 Å². The van der Waals surface area contributed by atoms with E-state index in [0.717, 1.165) is 35.4 Å². The molecule has 136 valence electrons. The Hall–Kier alpha value is -2.30. The number of aromatic nitrogens is 1. The van der Waals surface area contributed by atoms with Crippen molar-refractivity contribution in [3.05, 3.63) is 65.3 Å². The average Bonchev–Trinajstić information content (AvgIpc) is 2.65. The molecule has 0 saturated carbocycles. The number of fused-ring (bicyclic) bond motifs is 1. The topological polar surface area (TPSA) is 46.2 Å². The molecule has 0 fully saturated rings. The number of benzene rings is 2. The van der Waals surface area contributed by atoms with E-state index in [0.29, 0.717) is 5.02 Å². The molecule has 0 bridgehead atoms. The SMILES string of the molecule is COc1ccc(CNC(C)(C)CNc2ccnc3cc(Cl)ccc23)cc1. The summed E-state index contributed by atoms with van der Waals surface area (Å²) in [5, 5.41) is 8.91. The molecule has 26 heavy (non-hydrogen) atoms. The fraction of sp³-hybridized carbons (Fsp3) is 0.286. The van der Waals surface area contributed by atoms with E-state index < -0.39 is 0 Å². The molecule has 1 aromatic heterocycles. The first kappa shape index (κ1) is 18.5. The van der Waals surface area contributed by atoms with Crippen LogP contribution >= 0.6 is 11.6 Å². The molecule has 0 spiro atoms. The van der Waals surface area contributed by atoms with Crippen LogP contribution in [0.1, 0.15) is 19.4 Å². The molecule has 1 heterocycles. The third-order valence-corrected chi connectivity index (χ3v) is 4.59. The lowest BCUT2D eigenvalue weighted by atomic mass is 10.0. The zero-order valence-corrected chi connectivity index (χ0v) is 16.1. The summed E-state index contributed by atoms with van der Waals surface area (Å²) in [5.41, 5.74) is 3.10. The monoisotopic (exact) mass is 369 g/mol. The number of ether oxygens (including phenoxy) is 1. The van der Waals surface area contributed by atoms with Gasteiger partial charge in [-0.05, 0) is 55.8 Å². The van der Waals surface area contributed by atoms with Gasteiger partial charge >= 0.3 is 0 Å². The molecule has 5 heteroatoms. The lowest BCUT2D eigenvalue weighted by Crippen LogP contribution is -2.44. The molecule has 0 aliphatic rings. The van der Waals surface area contributed by atoms with E-state index in [-0.39, 0.29) is 5.54 Å². The minimum atomic E-state index is -0.0814. The zero-order chi connectivity index (χ0) is 18.6. The van der Waals surface area contributed by atoms with Crippen molar-refractivity contribution in [1.29, 1.82) is 0 Å². The van der Waals surface area contributed by atoms with Crippen LogP contribution in [-0.4, -0.2) is 24.2 Å². The molecular formula is C21H24ClN3O. The predicted octanol–water partition coefficient (Wildman–Crippen LogP) is 4.88. The van der Waals surface area contributed by atoms with E-state index in [2.05, 4.69) is 41.6 Å². The van der Waals surface area contributed by atoms with Gasteiger partial charge in [0.05, 0.1) is 12.6 Å². The third kappa shape index (κ3) is 4.65. The van der Waals surface area contributed by atoms with Crippen LogP contribution in [-0.2, 0) is 6.54 Å². The summed E-state index contributed by atoms with van der Waals surface area (Å²) in [6, 6.07) is 15.9. The highest BCUT2D eigenvalue weighted by atomic mass is 35.5. The van der Waals surface area contributed by atoms with Crippen molar-refractivity contribution < 1.29 is 4.74 Å². The number of rotatable bonds is 7. The summed E-state index contributed by atoms with van der Waals surface area (Å²) in [6.45, 7) is 5.95. The number of methoxy groups -OCH3 is 1. The lowest BCUT2D eigenvalue weighted by Gasteiger charge is -2.27. The van der Waals surface area contributed by atoms with Crippen LogP contribution in [0.15, 0.2) is 54.7 Å². The van der Waals surface area contributed by atoms with Crippen molar-refractivity contribution in [2.45, 2.75) is 25.9 Å². The molecule has 0 aliphatic carbocycles. The minimum absolute atomic E-state index is 0.0814. The molecule has 0 unspecified atom stereocenters. The standard InChI is InChI=1S/C21H24ClN3O/c1-21(2,25-13-15-4-7-17(26-3)8-5-15)14-24-19-10-11-23-20-12-16(22)6-9-18(19)20/h4-12,25H,13-14H2,1-3H3,(H,23,24). The van der Waals surface area contributed by atoms with Gasteiger partial charge in [0, 0.05) is 40.9 Å². The van der Waals surface area contributed by atoms with E-state index in [4.69, 9.17) is 16.3 Å². The molecule has 0 aliphatic heterocycles. The van der Waals surface area contributed by atoms with Gasteiger partial charge in [0.2, 0.25) is 0 Å². The smallest absolute Gasteiger partial charge is 0.118 e. The fourth-order valence-electron chi connectivity index (χ4n) is 2.74. The van der Waals surface area contributed by atoms with Crippen LogP contribution in [0.3, 0.4) is 0 Å². The second-order valence-corrected chi connectivity index (χ2v) is 7.40. The van der Waals surface area contributed by atoms with Gasteiger partial charge in [-0.25, -0.2) is 0 Å². The van der Waals surface area contributed by atoms with Crippen LogP contribution < -0.4 is 15.4 Å². The molecule has 0 radical (unpaired) electrons. The maximum atomic E-state index is 6.06. The van der Waals surface area contributed by atoms with Gasteiger partial charge in [0.25, 0.3) is 0 Å². The molecular weight excluding hydrogens is 346 g/mol. The molecule has 3 rings (SSSR count). The normalized spacial score (nSPS) is 11.5. The van der Waals surface area contributed by atoms with E-state index in [1.54, 1.807) is 13.3 Å². The Morgan fingerprint density at radius 1 is 1.08 bits per heavy atom. The van der Waals surface area contributed by atoms with Gasteiger partial charge in [-0.1, -0.05) is 23.7 Å². The van der Waals surface area contributed by atoms with E-state index in [1.807, 2.05) is 36.4 Å². The maximum absolute atomic E-state index is 6.06. The van der Waals surface area contributed by atoms with E-state index >= 15 is 0 Å². The molecule has 4 nitrogen and oxygen atoms in total. The van der Waals surface area contributed by atoms with Crippen molar-refractivity contribution in [3.8, 4) is 5.75 Å². The number of hydrogen-bond acceptors (Lipinski definition) is 4. The Morgan fingerprint density at radius 2 is 1.85 bits per heavy atom. The first-order valence-corrected chi connectivity index (χ1v) is 9.01. The molecule has 2 aromatic carbocycles. The average molecular weight is 370 g/mol. The van der Waals surface area contributed by atoms with Crippen LogP contribution in [0.5, 0.6) is 5.75 Å². The van der Waals surface area contributed by atoms with Gasteiger partial charge in [-0.3, -0.25) is 4.98 Å². The van der Waals surface area contributed by atoms with Crippen LogP contribution in [0.4, 0.5) is 5.69 Å².